The summed E-state index contributed by atoms with van der Waals surface area (Å²) in [6.45, 7) is 9.38. The molecule has 0 saturated carbocycles. The van der Waals surface area contributed by atoms with Crippen LogP contribution in [0.15, 0.2) is 113 Å². The second-order valence-corrected chi connectivity index (χ2v) is 12.5. The van der Waals surface area contributed by atoms with Crippen molar-refractivity contribution in [2.45, 2.75) is 34.1 Å². The van der Waals surface area contributed by atoms with E-state index >= 15 is 0 Å². The fourth-order valence-corrected chi connectivity index (χ4v) is 9.90. The zero-order valence-electron chi connectivity index (χ0n) is 19.1. The second-order valence-electron chi connectivity index (χ2n) is 9.05. The number of para-hydroxylation sites is 1. The third kappa shape index (κ3) is 4.05. The summed E-state index contributed by atoms with van der Waals surface area (Å²) in [4.78, 5) is 4.18. The smallest absolute Gasteiger partial charge is 0.250 e. The molecule has 3 aromatic rings. The summed E-state index contributed by atoms with van der Waals surface area (Å²) in [6.07, 6.45) is 3.56. The monoisotopic (exact) mass is 423 g/mol. The third-order valence-corrected chi connectivity index (χ3v) is 10.8. The molecule has 1 N–H and O–H groups in total. The Kier molecular flexibility index (Phi) is 6.29. The summed E-state index contributed by atoms with van der Waals surface area (Å²) in [5.74, 6) is 1.00. The fraction of sp³-hybridized carbons (Fsp3) is 0.241. The summed E-state index contributed by atoms with van der Waals surface area (Å²) in [7, 11) is -2.55. The molecule has 31 heavy (non-hydrogen) atoms. The molecule has 4 rings (SSSR count). The van der Waals surface area contributed by atoms with Crippen molar-refractivity contribution < 1.29 is 0 Å². The number of hydrogen-bond donors (Lipinski definition) is 1. The van der Waals surface area contributed by atoms with Crippen molar-refractivity contribution in [1.29, 1.82) is 0 Å². The molecule has 0 saturated heterocycles. The molecule has 1 aliphatic carbocycles. The summed E-state index contributed by atoms with van der Waals surface area (Å²) in [6, 6.07) is 33.1. The van der Waals surface area contributed by atoms with Crippen molar-refractivity contribution in [3.05, 3.63) is 113 Å². The number of allylic oxidation sites excluding steroid dienone is 4. The molecular weight excluding hydrogens is 390 g/mol. The molecule has 0 aliphatic heterocycles. The molecule has 0 aromatic heterocycles. The van der Waals surface area contributed by atoms with Crippen molar-refractivity contribution in [1.82, 2.24) is 0 Å². The average Bonchev–Trinajstić information content (AvgIpc) is 3.26. The van der Waals surface area contributed by atoms with Gasteiger partial charge in [-0.2, -0.15) is 0 Å². The van der Waals surface area contributed by atoms with Gasteiger partial charge >= 0.3 is 0 Å². The van der Waals surface area contributed by atoms with Gasteiger partial charge < -0.3 is 4.98 Å². The van der Waals surface area contributed by atoms with E-state index in [0.717, 1.165) is 6.42 Å². The van der Waals surface area contributed by atoms with E-state index in [1.807, 2.05) is 0 Å². The number of hydrogen-bond acceptors (Lipinski definition) is 1. The maximum absolute atomic E-state index is 4.18. The van der Waals surface area contributed by atoms with Gasteiger partial charge in [0.1, 0.15) is 0 Å². The van der Waals surface area contributed by atoms with E-state index in [9.17, 15) is 0 Å². The molecule has 1 aliphatic rings. The van der Waals surface area contributed by atoms with Crippen LogP contribution in [0.2, 0.25) is 0 Å². The van der Waals surface area contributed by atoms with E-state index in [-0.39, 0.29) is 0 Å². The van der Waals surface area contributed by atoms with Gasteiger partial charge in [0.25, 0.3) is 8.24 Å². The Labute approximate surface area is 188 Å². The van der Waals surface area contributed by atoms with Crippen LogP contribution in [0, 0.1) is 11.8 Å². The highest BCUT2D eigenvalue weighted by molar-refractivity contribution is 7.10. The quantitative estimate of drug-likeness (QED) is 0.437. The average molecular weight is 424 g/mol. The van der Waals surface area contributed by atoms with Crippen LogP contribution in [0.1, 0.15) is 34.1 Å². The van der Waals surface area contributed by atoms with Crippen LogP contribution in [-0.4, -0.2) is 8.24 Å². The van der Waals surface area contributed by atoms with Crippen molar-refractivity contribution >= 4 is 24.3 Å². The van der Waals surface area contributed by atoms with Gasteiger partial charge in [-0.3, -0.25) is 0 Å². The number of benzene rings is 3. The minimum Gasteiger partial charge on any atom is -0.400 e. The molecular formula is C29H33NSi. The molecule has 2 heteroatoms. The van der Waals surface area contributed by atoms with E-state index in [2.05, 4.69) is 130 Å². The van der Waals surface area contributed by atoms with Crippen LogP contribution in [0.4, 0.5) is 5.69 Å². The lowest BCUT2D eigenvalue weighted by molar-refractivity contribution is 0.747. The van der Waals surface area contributed by atoms with E-state index in [1.54, 1.807) is 10.8 Å². The minimum atomic E-state index is -2.55. The summed E-state index contributed by atoms with van der Waals surface area (Å²) in [5, 5.41) is 4.40. The molecule has 0 radical (unpaired) electrons. The van der Waals surface area contributed by atoms with Crippen LogP contribution in [-0.2, 0) is 0 Å². The van der Waals surface area contributed by atoms with E-state index < -0.39 is 8.24 Å². The van der Waals surface area contributed by atoms with Crippen LogP contribution in [0.25, 0.3) is 0 Å². The van der Waals surface area contributed by atoms with E-state index in [4.69, 9.17) is 0 Å². The van der Waals surface area contributed by atoms with Crippen LogP contribution in [0.3, 0.4) is 0 Å². The Morgan fingerprint density at radius 3 is 1.58 bits per heavy atom. The Bertz CT molecular complexity index is 1020. The molecule has 0 spiro atoms. The number of rotatable bonds is 7. The highest BCUT2D eigenvalue weighted by Crippen LogP contribution is 2.40. The molecule has 0 heterocycles. The first-order valence-electron chi connectivity index (χ1n) is 11.4. The largest absolute Gasteiger partial charge is 0.400 e. The van der Waals surface area contributed by atoms with Crippen molar-refractivity contribution in [2.75, 3.05) is 4.98 Å². The summed E-state index contributed by atoms with van der Waals surface area (Å²) >= 11 is 0. The lowest BCUT2D eigenvalue weighted by Gasteiger charge is -2.39. The van der Waals surface area contributed by atoms with Gasteiger partial charge in [0.2, 0.25) is 0 Å². The molecule has 0 unspecified atom stereocenters. The highest BCUT2D eigenvalue weighted by Gasteiger charge is 2.46. The molecule has 0 fully saturated rings. The first kappa shape index (κ1) is 21.4. The Balaban J connectivity index is 2.09. The lowest BCUT2D eigenvalue weighted by Crippen LogP contribution is -2.67. The molecule has 0 amide bonds. The summed E-state index contributed by atoms with van der Waals surface area (Å²) in [5.41, 5.74) is 4.30. The van der Waals surface area contributed by atoms with Gasteiger partial charge in [0.15, 0.2) is 0 Å². The molecule has 158 valence electrons. The maximum atomic E-state index is 4.18. The number of nitrogens with one attached hydrogen (secondary N) is 1. The van der Waals surface area contributed by atoms with Crippen LogP contribution < -0.4 is 15.4 Å². The first-order valence-corrected chi connectivity index (χ1v) is 13.4. The standard InChI is InChI=1S/C29H33NSi/c1-22(2)27-20-21-28(23(3)4)29(27)31(25-16-10-6-11-17-25,26-18-12-7-13-19-26)30-24-14-8-5-9-15-24/h5-20,22-23,30H,21H2,1-4H3. The molecule has 0 bridgehead atoms. The predicted octanol–water partition coefficient (Wildman–Crippen LogP) is 6.34. The summed E-state index contributed by atoms with van der Waals surface area (Å²) < 4.78 is 0. The Hall–Kier alpha value is -2.84. The maximum Gasteiger partial charge on any atom is 0.250 e. The zero-order chi connectivity index (χ0) is 21.8. The predicted molar refractivity (Wildman–Crippen MR) is 137 cm³/mol. The van der Waals surface area contributed by atoms with E-state index in [0.29, 0.717) is 11.8 Å². The first-order chi connectivity index (χ1) is 15.0. The number of anilines is 1. The van der Waals surface area contributed by atoms with Crippen LogP contribution in [0.5, 0.6) is 0 Å². The van der Waals surface area contributed by atoms with Crippen molar-refractivity contribution in [2.24, 2.45) is 11.8 Å². The van der Waals surface area contributed by atoms with Gasteiger partial charge in [0.05, 0.1) is 0 Å². The SMILES string of the molecule is CC(C)C1=CCC(C(C)C)=C1[Si](Nc1ccccc1)(c1ccccc1)c1ccccc1. The Morgan fingerprint density at radius 1 is 0.645 bits per heavy atom. The molecule has 1 nitrogen and oxygen atoms in total. The lowest BCUT2D eigenvalue weighted by atomic mass is 10.0. The van der Waals surface area contributed by atoms with Gasteiger partial charge in [-0.15, -0.1) is 0 Å². The fourth-order valence-electron chi connectivity index (χ4n) is 4.89. The highest BCUT2D eigenvalue weighted by atomic mass is 28.3. The Morgan fingerprint density at radius 2 is 1.13 bits per heavy atom. The van der Waals surface area contributed by atoms with Gasteiger partial charge in [-0.1, -0.05) is 118 Å². The van der Waals surface area contributed by atoms with Gasteiger partial charge in [-0.25, -0.2) is 0 Å². The second kappa shape index (κ2) is 9.11. The normalized spacial score (nSPS) is 14.3. The van der Waals surface area contributed by atoms with Gasteiger partial charge in [-0.05, 0) is 51.5 Å². The van der Waals surface area contributed by atoms with Crippen molar-refractivity contribution in [3.8, 4) is 0 Å². The van der Waals surface area contributed by atoms with Crippen molar-refractivity contribution in [3.63, 3.8) is 0 Å². The van der Waals surface area contributed by atoms with Gasteiger partial charge in [0, 0.05) is 5.69 Å². The van der Waals surface area contributed by atoms with E-state index in [1.165, 1.54) is 21.6 Å². The minimum absolute atomic E-state index is 0.489. The zero-order valence-corrected chi connectivity index (χ0v) is 20.1. The molecule has 0 atom stereocenters. The third-order valence-electron chi connectivity index (χ3n) is 6.36. The molecule has 3 aromatic carbocycles. The van der Waals surface area contributed by atoms with Crippen LogP contribution >= 0.6 is 0 Å². The topological polar surface area (TPSA) is 12.0 Å².